The Morgan fingerprint density at radius 1 is 1.56 bits per heavy atom. The molecule has 6 heteroatoms. The molecule has 1 aromatic carbocycles. The topological polar surface area (TPSA) is 78.8 Å². The second kappa shape index (κ2) is 7.20. The average Bonchev–Trinajstić information content (AvgIpc) is 2.33. The van der Waals surface area contributed by atoms with Crippen LogP contribution in [0.5, 0.6) is 5.75 Å². The van der Waals surface area contributed by atoms with E-state index in [1.807, 2.05) is 0 Å². The minimum absolute atomic E-state index is 0.0371. The van der Waals surface area contributed by atoms with E-state index in [4.69, 9.17) is 21.4 Å². The molecule has 0 bridgehead atoms. The van der Waals surface area contributed by atoms with E-state index in [1.165, 1.54) is 25.3 Å². The molecule has 1 amide bonds. The van der Waals surface area contributed by atoms with Crippen LogP contribution in [0.2, 0.25) is 5.02 Å². The van der Waals surface area contributed by atoms with Crippen molar-refractivity contribution in [1.29, 1.82) is 0 Å². The number of rotatable bonds is 6. The normalized spacial score (nSPS) is 12.2. The van der Waals surface area contributed by atoms with E-state index < -0.39 is 0 Å². The molecule has 0 heterocycles. The maximum absolute atomic E-state index is 11.9. The molecular weight excluding hydrogens is 258 g/mol. The first kappa shape index (κ1) is 14.8. The maximum Gasteiger partial charge on any atom is 0.251 e. The monoisotopic (exact) mass is 273 g/mol. The lowest BCUT2D eigenvalue weighted by Gasteiger charge is -2.16. The molecule has 1 atom stereocenters. The van der Waals surface area contributed by atoms with Crippen LogP contribution in [-0.2, 0) is 4.74 Å². The van der Waals surface area contributed by atoms with Crippen LogP contribution in [0.4, 0.5) is 0 Å². The largest absolute Gasteiger partial charge is 0.506 e. The van der Waals surface area contributed by atoms with Gasteiger partial charge >= 0.3 is 0 Å². The summed E-state index contributed by atoms with van der Waals surface area (Å²) in [4.78, 5) is 11.9. The molecule has 0 aliphatic rings. The first-order valence-corrected chi connectivity index (χ1v) is 5.85. The number of methoxy groups -OCH3 is 1. The van der Waals surface area contributed by atoms with Gasteiger partial charge in [0.05, 0.1) is 17.7 Å². The van der Waals surface area contributed by atoms with Gasteiger partial charge in [-0.3, -0.25) is 4.79 Å². The van der Waals surface area contributed by atoms with Gasteiger partial charge in [0.25, 0.3) is 5.91 Å². The van der Waals surface area contributed by atoms with Crippen LogP contribution in [0.15, 0.2) is 18.2 Å². The van der Waals surface area contributed by atoms with Gasteiger partial charge in [0.2, 0.25) is 0 Å². The van der Waals surface area contributed by atoms with E-state index in [9.17, 15) is 9.90 Å². The molecule has 1 unspecified atom stereocenters. The van der Waals surface area contributed by atoms with Crippen molar-refractivity contribution < 1.29 is 19.7 Å². The minimum Gasteiger partial charge on any atom is -0.506 e. The van der Waals surface area contributed by atoms with Gasteiger partial charge in [0.15, 0.2) is 0 Å². The Bertz CT molecular complexity index is 405. The second-order valence-corrected chi connectivity index (χ2v) is 4.21. The fraction of sp³-hybridized carbons (Fsp3) is 0.417. The van der Waals surface area contributed by atoms with Crippen LogP contribution in [0.3, 0.4) is 0 Å². The smallest absolute Gasteiger partial charge is 0.251 e. The van der Waals surface area contributed by atoms with E-state index in [0.717, 1.165) is 0 Å². The molecule has 0 aromatic heterocycles. The van der Waals surface area contributed by atoms with Crippen LogP contribution < -0.4 is 5.32 Å². The first-order chi connectivity index (χ1) is 8.58. The van der Waals surface area contributed by atoms with Gasteiger partial charge in [-0.1, -0.05) is 11.6 Å². The van der Waals surface area contributed by atoms with E-state index in [0.29, 0.717) is 18.6 Å². The van der Waals surface area contributed by atoms with Gasteiger partial charge in [0.1, 0.15) is 5.75 Å². The van der Waals surface area contributed by atoms with Crippen LogP contribution in [0.1, 0.15) is 16.8 Å². The van der Waals surface area contributed by atoms with Crippen molar-refractivity contribution in [3.63, 3.8) is 0 Å². The van der Waals surface area contributed by atoms with Crippen molar-refractivity contribution in [2.45, 2.75) is 12.5 Å². The SMILES string of the molecule is COCC(CCO)NC(=O)c1ccc(O)c(Cl)c1. The molecule has 0 spiro atoms. The van der Waals surface area contributed by atoms with Crippen molar-refractivity contribution in [3.8, 4) is 5.75 Å². The number of aliphatic hydroxyl groups excluding tert-OH is 1. The summed E-state index contributed by atoms with van der Waals surface area (Å²) in [6, 6.07) is 3.95. The standard InChI is InChI=1S/C12H16ClNO4/c1-18-7-9(4-5-15)14-12(17)8-2-3-11(16)10(13)6-8/h2-3,6,9,15-16H,4-5,7H2,1H3,(H,14,17). The summed E-state index contributed by atoms with van der Waals surface area (Å²) in [7, 11) is 1.52. The molecular formula is C12H16ClNO4. The summed E-state index contributed by atoms with van der Waals surface area (Å²) < 4.78 is 4.94. The number of hydrogen-bond donors (Lipinski definition) is 3. The lowest BCUT2D eigenvalue weighted by molar-refractivity contribution is 0.0878. The Morgan fingerprint density at radius 3 is 2.83 bits per heavy atom. The summed E-state index contributed by atoms with van der Waals surface area (Å²) in [5.74, 6) is -0.399. The maximum atomic E-state index is 11.9. The number of hydrogen-bond acceptors (Lipinski definition) is 4. The highest BCUT2D eigenvalue weighted by molar-refractivity contribution is 6.32. The summed E-state index contributed by atoms with van der Waals surface area (Å²) in [5, 5.41) is 21.0. The van der Waals surface area contributed by atoms with E-state index in [-0.39, 0.29) is 29.3 Å². The Hall–Kier alpha value is -1.30. The Morgan fingerprint density at radius 2 is 2.28 bits per heavy atom. The lowest BCUT2D eigenvalue weighted by atomic mass is 10.1. The minimum atomic E-state index is -0.326. The number of amides is 1. The van der Waals surface area contributed by atoms with Crippen LogP contribution in [0, 0.1) is 0 Å². The second-order valence-electron chi connectivity index (χ2n) is 3.80. The van der Waals surface area contributed by atoms with E-state index >= 15 is 0 Å². The van der Waals surface area contributed by atoms with Crippen molar-refractivity contribution in [2.24, 2.45) is 0 Å². The zero-order valence-corrected chi connectivity index (χ0v) is 10.8. The first-order valence-electron chi connectivity index (χ1n) is 5.47. The Labute approximate surface area is 110 Å². The number of carbonyl (C=O) groups is 1. The highest BCUT2D eigenvalue weighted by Crippen LogP contribution is 2.23. The van der Waals surface area contributed by atoms with E-state index in [1.54, 1.807) is 0 Å². The van der Waals surface area contributed by atoms with Crippen molar-refractivity contribution in [3.05, 3.63) is 28.8 Å². The zero-order valence-electron chi connectivity index (χ0n) is 10.0. The summed E-state index contributed by atoms with van der Waals surface area (Å²) in [6.07, 6.45) is 0.408. The number of halogens is 1. The fourth-order valence-corrected chi connectivity index (χ4v) is 1.65. The quantitative estimate of drug-likeness (QED) is 0.727. The molecule has 0 radical (unpaired) electrons. The van der Waals surface area contributed by atoms with Crippen LogP contribution in [-0.4, -0.2) is 42.5 Å². The van der Waals surface area contributed by atoms with Crippen LogP contribution >= 0.6 is 11.6 Å². The molecule has 100 valence electrons. The third-order valence-electron chi connectivity index (χ3n) is 2.39. The predicted molar refractivity (Wildman–Crippen MR) is 67.9 cm³/mol. The number of aromatic hydroxyl groups is 1. The molecule has 18 heavy (non-hydrogen) atoms. The summed E-state index contributed by atoms with van der Waals surface area (Å²) in [6.45, 7) is 0.281. The van der Waals surface area contributed by atoms with Crippen molar-refractivity contribution in [1.82, 2.24) is 5.32 Å². The molecule has 5 nitrogen and oxygen atoms in total. The Kier molecular flexibility index (Phi) is 5.91. The molecule has 0 saturated carbocycles. The number of phenolic OH excluding ortho intramolecular Hbond substituents is 1. The number of ether oxygens (including phenoxy) is 1. The lowest BCUT2D eigenvalue weighted by Crippen LogP contribution is -2.38. The Balaban J connectivity index is 2.70. The molecule has 0 fully saturated rings. The van der Waals surface area contributed by atoms with Gasteiger partial charge in [-0.2, -0.15) is 0 Å². The third-order valence-corrected chi connectivity index (χ3v) is 2.69. The van der Waals surface area contributed by atoms with E-state index in [2.05, 4.69) is 5.32 Å². The molecule has 1 rings (SSSR count). The van der Waals surface area contributed by atoms with Gasteiger partial charge in [0, 0.05) is 19.3 Å². The summed E-state index contributed by atoms with van der Waals surface area (Å²) >= 11 is 5.72. The fourth-order valence-electron chi connectivity index (χ4n) is 1.47. The van der Waals surface area contributed by atoms with Crippen molar-refractivity contribution >= 4 is 17.5 Å². The molecule has 0 aliphatic carbocycles. The van der Waals surface area contributed by atoms with Gasteiger partial charge in [-0.25, -0.2) is 0 Å². The number of benzene rings is 1. The number of aliphatic hydroxyl groups is 1. The summed E-state index contributed by atoms with van der Waals surface area (Å²) in [5.41, 5.74) is 0.344. The average molecular weight is 274 g/mol. The third kappa shape index (κ3) is 4.18. The number of carbonyl (C=O) groups excluding carboxylic acids is 1. The predicted octanol–water partition coefficient (Wildman–Crippen LogP) is 1.17. The number of phenols is 1. The van der Waals surface area contributed by atoms with Crippen LogP contribution in [0.25, 0.3) is 0 Å². The highest BCUT2D eigenvalue weighted by atomic mass is 35.5. The van der Waals surface area contributed by atoms with Gasteiger partial charge in [-0.05, 0) is 24.6 Å². The van der Waals surface area contributed by atoms with Gasteiger partial charge < -0.3 is 20.3 Å². The molecule has 1 aromatic rings. The molecule has 0 aliphatic heterocycles. The van der Waals surface area contributed by atoms with Gasteiger partial charge in [-0.15, -0.1) is 0 Å². The highest BCUT2D eigenvalue weighted by Gasteiger charge is 2.14. The molecule has 0 saturated heterocycles. The van der Waals surface area contributed by atoms with Crippen molar-refractivity contribution in [2.75, 3.05) is 20.3 Å². The number of nitrogens with one attached hydrogen (secondary N) is 1. The molecule has 3 N–H and O–H groups in total. The zero-order chi connectivity index (χ0) is 13.5.